The van der Waals surface area contributed by atoms with Crippen LogP contribution >= 0.6 is 11.3 Å². The quantitative estimate of drug-likeness (QED) is 0.774. The Morgan fingerprint density at radius 1 is 1.29 bits per heavy atom. The van der Waals surface area contributed by atoms with Crippen LogP contribution in [0.15, 0.2) is 40.7 Å². The van der Waals surface area contributed by atoms with Gasteiger partial charge in [0.05, 0.1) is 12.2 Å². The first-order valence-corrected chi connectivity index (χ1v) is 9.96. The molecule has 24 heavy (non-hydrogen) atoms. The molecule has 0 saturated carbocycles. The second-order valence-corrected chi connectivity index (χ2v) is 8.40. The van der Waals surface area contributed by atoms with Crippen molar-refractivity contribution in [2.75, 3.05) is 13.1 Å². The maximum atomic E-state index is 12.3. The topological polar surface area (TPSA) is 79.4 Å². The minimum atomic E-state index is -3.53. The highest BCUT2D eigenvalue weighted by Gasteiger charge is 2.17. The number of rotatable bonds is 8. The van der Waals surface area contributed by atoms with Gasteiger partial charge in [-0.15, -0.1) is 11.3 Å². The minimum Gasteiger partial charge on any atom is -0.336 e. The standard InChI is InChI=1S/C16H21N3O3S2/c1-3-15-7-8-16(23-15)24(21,22)18-10-11-19(13(2)20)12-14-6-4-5-9-17-14/h4-9,18H,3,10-12H2,1-2H3. The van der Waals surface area contributed by atoms with Crippen molar-refractivity contribution in [1.29, 1.82) is 0 Å². The van der Waals surface area contributed by atoms with Gasteiger partial charge < -0.3 is 4.90 Å². The van der Waals surface area contributed by atoms with Gasteiger partial charge >= 0.3 is 0 Å². The predicted molar refractivity (Wildman–Crippen MR) is 94.2 cm³/mol. The number of sulfonamides is 1. The van der Waals surface area contributed by atoms with E-state index in [9.17, 15) is 13.2 Å². The molecule has 2 aromatic heterocycles. The van der Waals surface area contributed by atoms with Gasteiger partial charge in [-0.1, -0.05) is 13.0 Å². The Hall–Kier alpha value is -1.77. The number of carbonyl (C=O) groups is 1. The Balaban J connectivity index is 1.93. The number of carbonyl (C=O) groups excluding carboxylic acids is 1. The van der Waals surface area contributed by atoms with Crippen molar-refractivity contribution in [3.63, 3.8) is 0 Å². The molecule has 0 saturated heterocycles. The van der Waals surface area contributed by atoms with Crippen LogP contribution in [0.25, 0.3) is 0 Å². The van der Waals surface area contributed by atoms with Crippen LogP contribution in [0.4, 0.5) is 0 Å². The lowest BCUT2D eigenvalue weighted by atomic mass is 10.3. The summed E-state index contributed by atoms with van der Waals surface area (Å²) in [7, 11) is -3.53. The maximum absolute atomic E-state index is 12.3. The van der Waals surface area contributed by atoms with E-state index in [1.807, 2.05) is 25.1 Å². The van der Waals surface area contributed by atoms with E-state index in [4.69, 9.17) is 0 Å². The highest BCUT2D eigenvalue weighted by Crippen LogP contribution is 2.21. The number of nitrogens with zero attached hydrogens (tertiary/aromatic N) is 2. The largest absolute Gasteiger partial charge is 0.336 e. The van der Waals surface area contributed by atoms with Gasteiger partial charge in [0.25, 0.3) is 0 Å². The summed E-state index contributed by atoms with van der Waals surface area (Å²) in [5.41, 5.74) is 0.765. The summed E-state index contributed by atoms with van der Waals surface area (Å²) in [6.07, 6.45) is 2.47. The molecule has 0 aliphatic rings. The average molecular weight is 367 g/mol. The number of amides is 1. The zero-order chi connectivity index (χ0) is 17.6. The van der Waals surface area contributed by atoms with E-state index < -0.39 is 10.0 Å². The van der Waals surface area contributed by atoms with Crippen molar-refractivity contribution in [3.8, 4) is 0 Å². The van der Waals surface area contributed by atoms with Gasteiger partial charge in [0.2, 0.25) is 15.9 Å². The molecule has 6 nitrogen and oxygen atoms in total. The first-order chi connectivity index (χ1) is 11.4. The summed E-state index contributed by atoms with van der Waals surface area (Å²) in [4.78, 5) is 18.5. The van der Waals surface area contributed by atoms with Gasteiger partial charge in [-0.05, 0) is 30.7 Å². The van der Waals surface area contributed by atoms with E-state index in [2.05, 4.69) is 9.71 Å². The molecule has 0 bridgehead atoms. The average Bonchev–Trinajstić information content (AvgIpc) is 3.04. The highest BCUT2D eigenvalue weighted by atomic mass is 32.2. The van der Waals surface area contributed by atoms with Gasteiger partial charge in [0, 0.05) is 31.1 Å². The van der Waals surface area contributed by atoms with Crippen LogP contribution < -0.4 is 4.72 Å². The summed E-state index contributed by atoms with van der Waals surface area (Å²) in [6.45, 7) is 4.25. The fourth-order valence-electron chi connectivity index (χ4n) is 2.11. The molecule has 2 rings (SSSR count). The van der Waals surface area contributed by atoms with Gasteiger partial charge in [0.15, 0.2) is 0 Å². The van der Waals surface area contributed by atoms with E-state index in [0.717, 1.165) is 17.0 Å². The van der Waals surface area contributed by atoms with Crippen molar-refractivity contribution in [3.05, 3.63) is 47.1 Å². The fourth-order valence-corrected chi connectivity index (χ4v) is 4.47. The minimum absolute atomic E-state index is 0.121. The number of aromatic nitrogens is 1. The first-order valence-electron chi connectivity index (χ1n) is 7.66. The lowest BCUT2D eigenvalue weighted by molar-refractivity contribution is -0.129. The van der Waals surface area contributed by atoms with Gasteiger partial charge in [-0.2, -0.15) is 0 Å². The summed E-state index contributed by atoms with van der Waals surface area (Å²) in [6, 6.07) is 8.93. The zero-order valence-electron chi connectivity index (χ0n) is 13.7. The number of hydrogen-bond donors (Lipinski definition) is 1. The monoisotopic (exact) mass is 367 g/mol. The number of pyridine rings is 1. The highest BCUT2D eigenvalue weighted by molar-refractivity contribution is 7.91. The lowest BCUT2D eigenvalue weighted by Crippen LogP contribution is -2.37. The summed E-state index contributed by atoms with van der Waals surface area (Å²) < 4.78 is 27.4. The number of nitrogens with one attached hydrogen (secondary N) is 1. The van der Waals surface area contributed by atoms with Crippen LogP contribution in [-0.2, 0) is 27.8 Å². The summed E-state index contributed by atoms with van der Waals surface area (Å²) in [5.74, 6) is -0.121. The Kier molecular flexibility index (Phi) is 6.47. The first kappa shape index (κ1) is 18.6. The molecule has 0 aliphatic carbocycles. The van der Waals surface area contributed by atoms with Crippen LogP contribution in [0.3, 0.4) is 0 Å². The molecule has 1 amide bonds. The zero-order valence-corrected chi connectivity index (χ0v) is 15.4. The van der Waals surface area contributed by atoms with Crippen LogP contribution in [0.2, 0.25) is 0 Å². The molecule has 0 aliphatic heterocycles. The van der Waals surface area contributed by atoms with Crippen molar-refractivity contribution >= 4 is 27.3 Å². The third-order valence-electron chi connectivity index (χ3n) is 3.45. The Labute approximate surface area is 146 Å². The second-order valence-electron chi connectivity index (χ2n) is 5.23. The van der Waals surface area contributed by atoms with Gasteiger partial charge in [0.1, 0.15) is 4.21 Å². The number of hydrogen-bond acceptors (Lipinski definition) is 5. The van der Waals surface area contributed by atoms with Crippen LogP contribution in [-0.4, -0.2) is 37.3 Å². The molecule has 130 valence electrons. The van der Waals surface area contributed by atoms with E-state index in [0.29, 0.717) is 10.8 Å². The molecule has 0 fully saturated rings. The van der Waals surface area contributed by atoms with E-state index >= 15 is 0 Å². The van der Waals surface area contributed by atoms with E-state index in [1.54, 1.807) is 23.2 Å². The van der Waals surface area contributed by atoms with E-state index in [-0.39, 0.29) is 19.0 Å². The molecular weight excluding hydrogens is 346 g/mol. The van der Waals surface area contributed by atoms with Crippen molar-refractivity contribution < 1.29 is 13.2 Å². The van der Waals surface area contributed by atoms with Crippen molar-refractivity contribution in [1.82, 2.24) is 14.6 Å². The normalized spacial score (nSPS) is 11.4. The Bertz CT molecular complexity index is 773. The van der Waals surface area contributed by atoms with Crippen molar-refractivity contribution in [2.45, 2.75) is 31.0 Å². The molecular formula is C16H21N3O3S2. The molecule has 8 heteroatoms. The fraction of sp³-hybridized carbons (Fsp3) is 0.375. The van der Waals surface area contributed by atoms with E-state index in [1.165, 1.54) is 18.3 Å². The Morgan fingerprint density at radius 2 is 2.08 bits per heavy atom. The molecule has 2 heterocycles. The summed E-state index contributed by atoms with van der Waals surface area (Å²) in [5, 5.41) is 0. The van der Waals surface area contributed by atoms with Crippen LogP contribution in [0.1, 0.15) is 24.4 Å². The van der Waals surface area contributed by atoms with Gasteiger partial charge in [-0.3, -0.25) is 9.78 Å². The summed E-state index contributed by atoms with van der Waals surface area (Å²) >= 11 is 1.27. The maximum Gasteiger partial charge on any atom is 0.250 e. The molecule has 0 atom stereocenters. The molecule has 2 aromatic rings. The molecule has 0 aromatic carbocycles. The molecule has 0 spiro atoms. The second kappa shape index (κ2) is 8.36. The predicted octanol–water partition coefficient (Wildman–Crippen LogP) is 2.03. The van der Waals surface area contributed by atoms with Gasteiger partial charge in [-0.25, -0.2) is 13.1 Å². The Morgan fingerprint density at radius 3 is 2.67 bits per heavy atom. The number of thiophene rings is 1. The van der Waals surface area contributed by atoms with Crippen LogP contribution in [0, 0.1) is 0 Å². The third-order valence-corrected chi connectivity index (χ3v) is 6.63. The SMILES string of the molecule is CCc1ccc(S(=O)(=O)NCCN(Cc2ccccn2)C(C)=O)s1. The molecule has 1 N–H and O–H groups in total. The molecule has 0 unspecified atom stereocenters. The smallest absolute Gasteiger partial charge is 0.250 e. The van der Waals surface area contributed by atoms with Crippen LogP contribution in [0.5, 0.6) is 0 Å². The lowest BCUT2D eigenvalue weighted by Gasteiger charge is -2.20. The molecule has 0 radical (unpaired) electrons. The third kappa shape index (κ3) is 5.12. The van der Waals surface area contributed by atoms with Crippen molar-refractivity contribution in [2.24, 2.45) is 0 Å². The number of aryl methyl sites for hydroxylation is 1.